The number of carbonyl (C=O) groups is 1. The summed E-state index contributed by atoms with van der Waals surface area (Å²) >= 11 is 0. The predicted octanol–water partition coefficient (Wildman–Crippen LogP) is 5.20. The first kappa shape index (κ1) is 23.9. The maximum absolute atomic E-state index is 12.4. The third kappa shape index (κ3) is 6.83. The normalized spacial score (nSPS) is 17.2. The van der Waals surface area contributed by atoms with Gasteiger partial charge in [-0.2, -0.15) is 0 Å². The minimum absolute atomic E-state index is 0.104. The van der Waals surface area contributed by atoms with Gasteiger partial charge in [-0.05, 0) is 54.8 Å². The van der Waals surface area contributed by atoms with Gasteiger partial charge in [0.2, 0.25) is 0 Å². The van der Waals surface area contributed by atoms with Crippen molar-refractivity contribution >= 4 is 14.4 Å². The van der Waals surface area contributed by atoms with Crippen LogP contribution in [0.25, 0.3) is 0 Å². The van der Waals surface area contributed by atoms with Crippen molar-refractivity contribution < 1.29 is 19.1 Å². The topological polar surface area (TPSA) is 59.0 Å². The molecule has 0 unspecified atom stereocenters. The Hall–Kier alpha value is -1.37. The van der Waals surface area contributed by atoms with Crippen molar-refractivity contribution in [3.8, 4) is 0 Å². The van der Waals surface area contributed by atoms with Crippen molar-refractivity contribution in [1.82, 2.24) is 4.90 Å². The molecule has 1 aliphatic heterocycles. The second-order valence-corrected chi connectivity index (χ2v) is 14.7. The fourth-order valence-electron chi connectivity index (χ4n) is 3.45. The molecule has 0 aliphatic carbocycles. The van der Waals surface area contributed by atoms with Crippen LogP contribution in [0.3, 0.4) is 0 Å². The Morgan fingerprint density at radius 1 is 1.17 bits per heavy atom. The molecule has 0 radical (unpaired) electrons. The number of carbonyl (C=O) groups excluding carboxylic acids is 1. The molecule has 1 aromatic rings. The number of hydrogen-bond acceptors (Lipinski definition) is 4. The molecule has 0 spiro atoms. The monoisotopic (exact) mass is 421 g/mol. The van der Waals surface area contributed by atoms with Gasteiger partial charge in [0.05, 0.1) is 0 Å². The minimum atomic E-state index is -1.72. The Bertz CT molecular complexity index is 634. The van der Waals surface area contributed by atoms with Gasteiger partial charge in [-0.3, -0.25) is 0 Å². The Labute approximate surface area is 177 Å². The summed E-state index contributed by atoms with van der Waals surface area (Å²) in [7, 11) is -1.72. The fraction of sp³-hybridized carbons (Fsp3) is 0.696. The lowest BCUT2D eigenvalue weighted by Crippen LogP contribution is -2.45. The SMILES string of the molecule is CC(C)(C)[Si](C)(C)OCCCC1(CO)CCN(C(=O)OCc2ccccc2)CC1. The molecule has 1 N–H and O–H groups in total. The summed E-state index contributed by atoms with van der Waals surface area (Å²) in [4.78, 5) is 14.1. The van der Waals surface area contributed by atoms with E-state index in [1.807, 2.05) is 30.3 Å². The second-order valence-electron chi connectivity index (χ2n) is 9.90. The quantitative estimate of drug-likeness (QED) is 0.463. The van der Waals surface area contributed by atoms with E-state index >= 15 is 0 Å². The molecular weight excluding hydrogens is 382 g/mol. The molecule has 1 aliphatic rings. The van der Waals surface area contributed by atoms with Crippen molar-refractivity contribution in [3.63, 3.8) is 0 Å². The zero-order valence-corrected chi connectivity index (χ0v) is 19.9. The lowest BCUT2D eigenvalue weighted by Gasteiger charge is -2.41. The number of benzene rings is 1. The number of rotatable bonds is 8. The summed E-state index contributed by atoms with van der Waals surface area (Å²) in [6.07, 6.45) is 3.24. The Morgan fingerprint density at radius 2 is 1.79 bits per heavy atom. The van der Waals surface area contributed by atoms with Crippen LogP contribution in [-0.2, 0) is 15.8 Å². The standard InChI is InChI=1S/C23H39NO4Si/c1-22(2,3)29(4,5)28-17-9-12-23(19-25)13-15-24(16-14-23)21(26)27-18-20-10-7-6-8-11-20/h6-8,10-11,25H,9,12-19H2,1-5H3. The van der Waals surface area contributed by atoms with Gasteiger partial charge >= 0.3 is 6.09 Å². The number of piperidine rings is 1. The highest BCUT2D eigenvalue weighted by Gasteiger charge is 2.38. The summed E-state index contributed by atoms with van der Waals surface area (Å²) in [5, 5.41) is 10.3. The van der Waals surface area contributed by atoms with E-state index in [-0.39, 0.29) is 23.2 Å². The van der Waals surface area contributed by atoms with Crippen LogP contribution >= 0.6 is 0 Å². The first-order chi connectivity index (χ1) is 13.6. The highest BCUT2D eigenvalue weighted by molar-refractivity contribution is 6.74. The highest BCUT2D eigenvalue weighted by atomic mass is 28.4. The Kier molecular flexibility index (Phi) is 8.32. The van der Waals surface area contributed by atoms with Crippen molar-refractivity contribution in [2.75, 3.05) is 26.3 Å². The van der Waals surface area contributed by atoms with E-state index in [0.29, 0.717) is 19.7 Å². The minimum Gasteiger partial charge on any atom is -0.445 e. The maximum Gasteiger partial charge on any atom is 0.410 e. The molecule has 1 aromatic carbocycles. The van der Waals surface area contributed by atoms with Crippen LogP contribution in [0.2, 0.25) is 18.1 Å². The van der Waals surface area contributed by atoms with E-state index in [1.165, 1.54) is 0 Å². The summed E-state index contributed by atoms with van der Waals surface area (Å²) in [5.41, 5.74) is 0.886. The first-order valence-corrected chi connectivity index (χ1v) is 13.7. The Morgan fingerprint density at radius 3 is 2.34 bits per heavy atom. The predicted molar refractivity (Wildman–Crippen MR) is 119 cm³/mol. The van der Waals surface area contributed by atoms with Crippen molar-refractivity contribution in [2.45, 2.75) is 71.2 Å². The van der Waals surface area contributed by atoms with Gasteiger partial charge in [-0.15, -0.1) is 0 Å². The van der Waals surface area contributed by atoms with Crippen LogP contribution < -0.4 is 0 Å². The van der Waals surface area contributed by atoms with Gasteiger partial charge < -0.3 is 19.2 Å². The van der Waals surface area contributed by atoms with Crippen LogP contribution in [0.5, 0.6) is 0 Å². The molecule has 1 amide bonds. The van der Waals surface area contributed by atoms with Crippen molar-refractivity contribution in [2.24, 2.45) is 5.41 Å². The lowest BCUT2D eigenvalue weighted by atomic mass is 9.75. The Balaban J connectivity index is 1.75. The van der Waals surface area contributed by atoms with Crippen LogP contribution in [0, 0.1) is 5.41 Å². The van der Waals surface area contributed by atoms with E-state index in [9.17, 15) is 9.90 Å². The van der Waals surface area contributed by atoms with E-state index in [1.54, 1.807) is 4.90 Å². The van der Waals surface area contributed by atoms with Crippen LogP contribution in [-0.4, -0.2) is 50.7 Å². The number of hydrogen-bond donors (Lipinski definition) is 1. The zero-order valence-electron chi connectivity index (χ0n) is 18.9. The third-order valence-corrected chi connectivity index (χ3v) is 11.3. The lowest BCUT2D eigenvalue weighted by molar-refractivity contribution is 0.0237. The summed E-state index contributed by atoms with van der Waals surface area (Å²) < 4.78 is 11.7. The second kappa shape index (κ2) is 10.1. The molecule has 1 fully saturated rings. The van der Waals surface area contributed by atoms with Crippen molar-refractivity contribution in [3.05, 3.63) is 35.9 Å². The number of amides is 1. The molecule has 0 aromatic heterocycles. The van der Waals surface area contributed by atoms with Gasteiger partial charge in [0, 0.05) is 26.3 Å². The third-order valence-electron chi connectivity index (χ3n) is 6.74. The average molecular weight is 422 g/mol. The highest BCUT2D eigenvalue weighted by Crippen LogP contribution is 2.38. The molecule has 5 nitrogen and oxygen atoms in total. The fourth-order valence-corrected chi connectivity index (χ4v) is 4.54. The maximum atomic E-state index is 12.4. The van der Waals surface area contributed by atoms with Gasteiger partial charge in [0.25, 0.3) is 0 Å². The number of aliphatic hydroxyl groups excluding tert-OH is 1. The van der Waals surface area contributed by atoms with E-state index in [0.717, 1.165) is 37.9 Å². The van der Waals surface area contributed by atoms with Gasteiger partial charge in [0.15, 0.2) is 8.32 Å². The number of likely N-dealkylation sites (tertiary alicyclic amines) is 1. The summed E-state index contributed by atoms with van der Waals surface area (Å²) in [5.74, 6) is 0. The van der Waals surface area contributed by atoms with Crippen LogP contribution in [0.15, 0.2) is 30.3 Å². The smallest absolute Gasteiger partial charge is 0.410 e. The molecule has 1 heterocycles. The zero-order chi connectivity index (χ0) is 21.5. The molecule has 0 atom stereocenters. The van der Waals surface area contributed by atoms with E-state index in [4.69, 9.17) is 9.16 Å². The van der Waals surface area contributed by atoms with Gasteiger partial charge in [-0.1, -0.05) is 51.1 Å². The molecular formula is C23H39NO4Si. The van der Waals surface area contributed by atoms with Crippen molar-refractivity contribution in [1.29, 1.82) is 0 Å². The molecule has 0 bridgehead atoms. The average Bonchev–Trinajstić information content (AvgIpc) is 2.70. The number of aliphatic hydroxyl groups is 1. The molecule has 0 saturated carbocycles. The van der Waals surface area contributed by atoms with E-state index in [2.05, 4.69) is 33.9 Å². The molecule has 29 heavy (non-hydrogen) atoms. The van der Waals surface area contributed by atoms with Gasteiger partial charge in [0.1, 0.15) is 6.61 Å². The number of nitrogens with zero attached hydrogens (tertiary/aromatic N) is 1. The summed E-state index contributed by atoms with van der Waals surface area (Å²) in [6.45, 7) is 13.8. The first-order valence-electron chi connectivity index (χ1n) is 10.8. The molecule has 1 saturated heterocycles. The van der Waals surface area contributed by atoms with Crippen LogP contribution in [0.1, 0.15) is 52.0 Å². The van der Waals surface area contributed by atoms with Gasteiger partial charge in [-0.25, -0.2) is 4.79 Å². The van der Waals surface area contributed by atoms with E-state index < -0.39 is 8.32 Å². The molecule has 6 heteroatoms. The molecule has 2 rings (SSSR count). The van der Waals surface area contributed by atoms with Crippen LogP contribution in [0.4, 0.5) is 4.79 Å². The number of ether oxygens (including phenoxy) is 1. The summed E-state index contributed by atoms with van der Waals surface area (Å²) in [6, 6.07) is 9.73. The molecule has 164 valence electrons. The largest absolute Gasteiger partial charge is 0.445 e.